The van der Waals surface area contributed by atoms with Crippen LogP contribution < -0.4 is 0 Å². The molecule has 0 aromatic heterocycles. The van der Waals surface area contributed by atoms with Crippen LogP contribution in [0, 0.1) is 11.8 Å². The Bertz CT molecular complexity index is 1050. The SMILES string of the molecule is O=C(c1ccccc1)C(Br)C1C=CC=C([C](c2ccccc2)c2ccccc2)C1=O. The zero-order valence-corrected chi connectivity index (χ0v) is 17.8. The topological polar surface area (TPSA) is 34.1 Å². The summed E-state index contributed by atoms with van der Waals surface area (Å²) in [6.45, 7) is 0. The quantitative estimate of drug-likeness (QED) is 0.338. The van der Waals surface area contributed by atoms with Crippen LogP contribution in [0.15, 0.2) is 115 Å². The zero-order chi connectivity index (χ0) is 20.9. The number of allylic oxidation sites excluding steroid dienone is 4. The number of alkyl halides is 1. The monoisotopic (exact) mass is 455 g/mol. The zero-order valence-electron chi connectivity index (χ0n) is 16.2. The first-order chi connectivity index (χ1) is 14.7. The summed E-state index contributed by atoms with van der Waals surface area (Å²) in [6, 6.07) is 28.9. The normalized spacial score (nSPS) is 16.9. The maximum absolute atomic E-state index is 13.6. The average molecular weight is 456 g/mol. The van der Waals surface area contributed by atoms with Crippen LogP contribution in [0.2, 0.25) is 0 Å². The largest absolute Gasteiger partial charge is 0.294 e. The van der Waals surface area contributed by atoms with Crippen molar-refractivity contribution >= 4 is 27.5 Å². The van der Waals surface area contributed by atoms with E-state index in [2.05, 4.69) is 15.9 Å². The summed E-state index contributed by atoms with van der Waals surface area (Å²) in [6.07, 6.45) is 5.53. The van der Waals surface area contributed by atoms with Crippen LogP contribution in [0.5, 0.6) is 0 Å². The van der Waals surface area contributed by atoms with E-state index in [1.807, 2.05) is 91.0 Å². The van der Waals surface area contributed by atoms with E-state index < -0.39 is 10.7 Å². The summed E-state index contributed by atoms with van der Waals surface area (Å²) in [5.74, 6) is 0.148. The molecular weight excluding hydrogens is 436 g/mol. The van der Waals surface area contributed by atoms with Crippen molar-refractivity contribution in [3.63, 3.8) is 0 Å². The van der Waals surface area contributed by atoms with E-state index in [0.717, 1.165) is 17.0 Å². The lowest BCUT2D eigenvalue weighted by atomic mass is 9.77. The minimum atomic E-state index is -0.625. The highest BCUT2D eigenvalue weighted by atomic mass is 79.9. The molecule has 0 N–H and O–H groups in total. The first kappa shape index (κ1) is 20.2. The molecule has 0 saturated heterocycles. The number of halogens is 1. The van der Waals surface area contributed by atoms with Crippen LogP contribution in [0.25, 0.3) is 0 Å². The molecule has 2 unspecified atom stereocenters. The van der Waals surface area contributed by atoms with Gasteiger partial charge in [0.05, 0.1) is 16.7 Å². The molecule has 0 aliphatic heterocycles. The van der Waals surface area contributed by atoms with Gasteiger partial charge in [-0.15, -0.1) is 0 Å². The molecule has 0 fully saturated rings. The van der Waals surface area contributed by atoms with Gasteiger partial charge in [0.25, 0.3) is 0 Å². The first-order valence-electron chi connectivity index (χ1n) is 9.81. The van der Waals surface area contributed by atoms with E-state index in [4.69, 9.17) is 0 Å². The van der Waals surface area contributed by atoms with E-state index in [1.54, 1.807) is 18.2 Å². The molecule has 3 aromatic rings. The molecule has 0 spiro atoms. The van der Waals surface area contributed by atoms with Crippen molar-refractivity contribution in [1.82, 2.24) is 0 Å². The number of benzene rings is 3. The summed E-state index contributed by atoms with van der Waals surface area (Å²) >= 11 is 3.51. The lowest BCUT2D eigenvalue weighted by molar-refractivity contribution is -0.117. The van der Waals surface area contributed by atoms with E-state index in [0.29, 0.717) is 11.1 Å². The Morgan fingerprint density at radius 3 is 1.70 bits per heavy atom. The van der Waals surface area contributed by atoms with Crippen molar-refractivity contribution in [1.29, 1.82) is 0 Å². The fourth-order valence-corrected chi connectivity index (χ4v) is 4.35. The molecule has 0 amide bonds. The average Bonchev–Trinajstić information content (AvgIpc) is 2.81. The molecule has 0 heterocycles. The second kappa shape index (κ2) is 9.19. The fourth-order valence-electron chi connectivity index (χ4n) is 3.67. The number of hydrogen-bond acceptors (Lipinski definition) is 2. The molecule has 1 aliphatic carbocycles. The maximum Gasteiger partial charge on any atom is 0.177 e. The second-order valence-electron chi connectivity index (χ2n) is 7.09. The molecule has 3 aromatic carbocycles. The third-order valence-corrected chi connectivity index (χ3v) is 6.15. The predicted molar refractivity (Wildman–Crippen MR) is 124 cm³/mol. The van der Waals surface area contributed by atoms with Gasteiger partial charge in [-0.25, -0.2) is 0 Å². The molecule has 0 saturated carbocycles. The number of carbonyl (C=O) groups excluding carboxylic acids is 2. The molecule has 1 aliphatic rings. The van der Waals surface area contributed by atoms with Gasteiger partial charge in [-0.05, 0) is 11.1 Å². The third kappa shape index (κ3) is 4.12. The minimum Gasteiger partial charge on any atom is -0.294 e. The van der Waals surface area contributed by atoms with Gasteiger partial charge in [0.2, 0.25) is 0 Å². The Morgan fingerprint density at radius 2 is 1.20 bits per heavy atom. The number of ketones is 2. The van der Waals surface area contributed by atoms with E-state index in [1.165, 1.54) is 0 Å². The molecule has 2 nitrogen and oxygen atoms in total. The smallest absolute Gasteiger partial charge is 0.177 e. The first-order valence-corrected chi connectivity index (χ1v) is 10.7. The lowest BCUT2D eigenvalue weighted by Gasteiger charge is -2.26. The van der Waals surface area contributed by atoms with Gasteiger partial charge in [0.1, 0.15) is 0 Å². The molecule has 147 valence electrons. The van der Waals surface area contributed by atoms with Gasteiger partial charge >= 0.3 is 0 Å². The highest BCUT2D eigenvalue weighted by Gasteiger charge is 2.36. The van der Waals surface area contributed by atoms with E-state index in [-0.39, 0.29) is 11.6 Å². The third-order valence-electron chi connectivity index (χ3n) is 5.17. The minimum absolute atomic E-state index is 0.0636. The standard InChI is InChI=1S/C27H20BrO2/c28-25(26(29)21-15-8-3-9-16-21)23-18-10-17-22(27(23)30)24(19-11-4-1-5-12-19)20-13-6-2-7-14-20/h1-18,23,25H. The van der Waals surface area contributed by atoms with Gasteiger partial charge in [-0.3, -0.25) is 9.59 Å². The number of Topliss-reactive ketones (excluding diaryl/α,β-unsaturated/α-hetero) is 2. The van der Waals surface area contributed by atoms with Crippen LogP contribution in [0.3, 0.4) is 0 Å². The lowest BCUT2D eigenvalue weighted by Crippen LogP contribution is -2.33. The molecule has 30 heavy (non-hydrogen) atoms. The van der Waals surface area contributed by atoms with Gasteiger partial charge in [-0.1, -0.05) is 125 Å². The van der Waals surface area contributed by atoms with Crippen LogP contribution in [-0.2, 0) is 4.79 Å². The number of hydrogen-bond donors (Lipinski definition) is 0. The predicted octanol–water partition coefficient (Wildman–Crippen LogP) is 5.99. The van der Waals surface area contributed by atoms with Crippen LogP contribution >= 0.6 is 15.9 Å². The van der Waals surface area contributed by atoms with Crippen molar-refractivity contribution in [2.75, 3.05) is 0 Å². The van der Waals surface area contributed by atoms with Crippen LogP contribution in [0.4, 0.5) is 0 Å². The Kier molecular flexibility index (Phi) is 6.20. The Labute approximate surface area is 185 Å². The molecule has 1 radical (unpaired) electrons. The second-order valence-corrected chi connectivity index (χ2v) is 8.08. The van der Waals surface area contributed by atoms with Crippen molar-refractivity contribution < 1.29 is 9.59 Å². The Balaban J connectivity index is 1.68. The molecular formula is C27H20BrO2. The highest BCUT2D eigenvalue weighted by molar-refractivity contribution is 9.10. The summed E-state index contributed by atoms with van der Waals surface area (Å²) in [7, 11) is 0. The number of rotatable bonds is 6. The molecule has 2 atom stereocenters. The van der Waals surface area contributed by atoms with E-state index in [9.17, 15) is 9.59 Å². The van der Waals surface area contributed by atoms with Gasteiger partial charge < -0.3 is 0 Å². The number of carbonyl (C=O) groups is 2. The van der Waals surface area contributed by atoms with Gasteiger partial charge in [0, 0.05) is 11.1 Å². The van der Waals surface area contributed by atoms with E-state index >= 15 is 0 Å². The van der Waals surface area contributed by atoms with Gasteiger partial charge in [0.15, 0.2) is 11.6 Å². The van der Waals surface area contributed by atoms with Crippen LogP contribution in [0.1, 0.15) is 21.5 Å². The maximum atomic E-state index is 13.6. The van der Waals surface area contributed by atoms with Crippen molar-refractivity contribution in [2.24, 2.45) is 5.92 Å². The fraction of sp³-hybridized carbons (Fsp3) is 0.0741. The Morgan fingerprint density at radius 1 is 0.733 bits per heavy atom. The summed E-state index contributed by atoms with van der Waals surface area (Å²) in [4.78, 5) is 25.9. The molecule has 4 rings (SSSR count). The molecule has 3 heteroatoms. The Hall–Kier alpha value is -3.04. The van der Waals surface area contributed by atoms with Crippen molar-refractivity contribution in [3.8, 4) is 0 Å². The van der Waals surface area contributed by atoms with Crippen molar-refractivity contribution in [2.45, 2.75) is 4.83 Å². The molecule has 0 bridgehead atoms. The summed E-state index contributed by atoms with van der Waals surface area (Å²) in [5.41, 5.74) is 3.15. The summed E-state index contributed by atoms with van der Waals surface area (Å²) in [5, 5.41) is 0. The van der Waals surface area contributed by atoms with Crippen LogP contribution in [-0.4, -0.2) is 16.4 Å². The summed E-state index contributed by atoms with van der Waals surface area (Å²) < 4.78 is 0. The van der Waals surface area contributed by atoms with Crippen molar-refractivity contribution in [3.05, 3.63) is 137 Å². The van der Waals surface area contributed by atoms with Gasteiger partial charge in [-0.2, -0.15) is 0 Å². The highest BCUT2D eigenvalue weighted by Crippen LogP contribution is 2.36.